The number of amides is 1. The van der Waals surface area contributed by atoms with E-state index in [9.17, 15) is 9.59 Å². The second-order valence-corrected chi connectivity index (χ2v) is 8.42. The molecule has 5 rings (SSSR count). The van der Waals surface area contributed by atoms with Crippen molar-refractivity contribution in [2.75, 3.05) is 26.2 Å². The van der Waals surface area contributed by atoms with Crippen LogP contribution in [0.3, 0.4) is 0 Å². The Morgan fingerprint density at radius 3 is 2.93 bits per heavy atom. The average molecular weight is 418 g/mol. The van der Waals surface area contributed by atoms with Crippen LogP contribution in [0.5, 0.6) is 0 Å². The number of aromatic nitrogens is 2. The summed E-state index contributed by atoms with van der Waals surface area (Å²) in [6.45, 7) is 3.87. The van der Waals surface area contributed by atoms with E-state index in [-0.39, 0.29) is 29.7 Å². The van der Waals surface area contributed by atoms with Crippen molar-refractivity contribution >= 4 is 29.2 Å². The molecular formula is C21H28ClN5O2. The fourth-order valence-electron chi connectivity index (χ4n) is 5.52. The predicted octanol–water partition coefficient (Wildman–Crippen LogP) is 1.54. The van der Waals surface area contributed by atoms with Crippen LogP contribution in [-0.2, 0) is 0 Å². The van der Waals surface area contributed by atoms with Crippen LogP contribution in [0.4, 0.5) is 0 Å². The summed E-state index contributed by atoms with van der Waals surface area (Å²) in [5.41, 5.74) is 0.272. The lowest BCUT2D eigenvalue weighted by molar-refractivity contribution is -0.0371. The molecule has 0 saturated carbocycles. The standard InChI is InChI=1S/C21H27N5O2.ClH/c27-20-15-5-1-2-6-16(15)24-19(25-20)21(28)23-12-18-14-9-13(10-22-11-14)17-7-3-4-8-26(17)18;/h1-2,5-6,13-14,17-18,22H,3-4,7-12H2,(H,23,28)(H,24,25,27);1H/t13-,14+,17+,18+;/m1./s1. The molecule has 0 radical (unpaired) electrons. The normalized spacial score (nSPS) is 29.0. The van der Waals surface area contributed by atoms with Crippen LogP contribution in [0.2, 0.25) is 0 Å². The number of carbonyl (C=O) groups excluding carboxylic acids is 1. The van der Waals surface area contributed by atoms with Crippen molar-refractivity contribution in [3.8, 4) is 0 Å². The number of piperidine rings is 3. The summed E-state index contributed by atoms with van der Waals surface area (Å²) in [6, 6.07) is 8.08. The van der Waals surface area contributed by atoms with Crippen LogP contribution >= 0.6 is 12.4 Å². The molecule has 1 amide bonds. The number of nitrogens with zero attached hydrogens (tertiary/aromatic N) is 2. The van der Waals surface area contributed by atoms with E-state index >= 15 is 0 Å². The van der Waals surface area contributed by atoms with Gasteiger partial charge in [0.25, 0.3) is 11.5 Å². The number of halogens is 1. The lowest BCUT2D eigenvalue weighted by Crippen LogP contribution is -2.65. The summed E-state index contributed by atoms with van der Waals surface area (Å²) in [6.07, 6.45) is 5.07. The molecule has 3 aliphatic heterocycles. The molecule has 29 heavy (non-hydrogen) atoms. The Morgan fingerprint density at radius 2 is 2.03 bits per heavy atom. The molecule has 3 saturated heterocycles. The topological polar surface area (TPSA) is 90.1 Å². The molecule has 1 aromatic heterocycles. The van der Waals surface area contributed by atoms with Gasteiger partial charge in [0.1, 0.15) is 0 Å². The fraction of sp³-hybridized carbons (Fsp3) is 0.571. The second-order valence-electron chi connectivity index (χ2n) is 8.42. The number of aromatic amines is 1. The highest BCUT2D eigenvalue weighted by Crippen LogP contribution is 2.38. The summed E-state index contributed by atoms with van der Waals surface area (Å²) in [5, 5.41) is 7.16. The van der Waals surface area contributed by atoms with Gasteiger partial charge in [-0.1, -0.05) is 18.6 Å². The van der Waals surface area contributed by atoms with E-state index in [1.807, 2.05) is 6.07 Å². The van der Waals surface area contributed by atoms with Gasteiger partial charge >= 0.3 is 0 Å². The summed E-state index contributed by atoms with van der Waals surface area (Å²) in [4.78, 5) is 34.6. The SMILES string of the molecule is Cl.O=C(NC[C@H]1[C@@H]2CNC[C@@H](C2)[C@@H]2CCCCN21)c1nc2ccccc2c(=O)[nH]1. The highest BCUT2D eigenvalue weighted by molar-refractivity contribution is 5.92. The van der Waals surface area contributed by atoms with Gasteiger partial charge in [-0.25, -0.2) is 4.98 Å². The van der Waals surface area contributed by atoms with Gasteiger partial charge in [0.2, 0.25) is 0 Å². The molecule has 4 heterocycles. The Kier molecular flexibility index (Phi) is 5.90. The van der Waals surface area contributed by atoms with E-state index in [0.29, 0.717) is 35.4 Å². The lowest BCUT2D eigenvalue weighted by atomic mass is 9.73. The van der Waals surface area contributed by atoms with Gasteiger partial charge < -0.3 is 15.6 Å². The highest BCUT2D eigenvalue weighted by atomic mass is 35.5. The third-order valence-corrected chi connectivity index (χ3v) is 6.82. The van der Waals surface area contributed by atoms with Gasteiger partial charge in [0.15, 0.2) is 5.82 Å². The molecule has 7 nitrogen and oxygen atoms in total. The number of H-pyrrole nitrogens is 1. The Morgan fingerprint density at radius 1 is 1.21 bits per heavy atom. The van der Waals surface area contributed by atoms with Gasteiger partial charge in [-0.2, -0.15) is 0 Å². The quantitative estimate of drug-likeness (QED) is 0.704. The monoisotopic (exact) mass is 417 g/mol. The van der Waals surface area contributed by atoms with Crippen LogP contribution < -0.4 is 16.2 Å². The van der Waals surface area contributed by atoms with Crippen molar-refractivity contribution in [2.24, 2.45) is 11.8 Å². The van der Waals surface area contributed by atoms with Crippen LogP contribution in [-0.4, -0.2) is 59.0 Å². The number of carbonyl (C=O) groups is 1. The van der Waals surface area contributed by atoms with Crippen molar-refractivity contribution in [3.05, 3.63) is 40.4 Å². The van der Waals surface area contributed by atoms with Crippen LogP contribution in [0, 0.1) is 11.8 Å². The molecular weight excluding hydrogens is 390 g/mol. The molecule has 2 aromatic rings. The Bertz CT molecular complexity index is 948. The van der Waals surface area contributed by atoms with E-state index in [2.05, 4.69) is 25.5 Å². The van der Waals surface area contributed by atoms with Gasteiger partial charge in [0.05, 0.1) is 10.9 Å². The number of fused-ring (bicyclic) bond motifs is 5. The molecule has 3 aliphatic rings. The van der Waals surface area contributed by atoms with Crippen molar-refractivity contribution < 1.29 is 4.79 Å². The van der Waals surface area contributed by atoms with E-state index in [4.69, 9.17) is 0 Å². The smallest absolute Gasteiger partial charge is 0.287 e. The Labute approximate surface area is 176 Å². The molecule has 3 N–H and O–H groups in total. The third-order valence-electron chi connectivity index (χ3n) is 6.82. The fourth-order valence-corrected chi connectivity index (χ4v) is 5.52. The molecule has 0 aliphatic carbocycles. The minimum absolute atomic E-state index is 0. The first-order valence-corrected chi connectivity index (χ1v) is 10.4. The Balaban J connectivity index is 0.00000205. The first-order valence-electron chi connectivity index (χ1n) is 10.4. The summed E-state index contributed by atoms with van der Waals surface area (Å²) in [7, 11) is 0. The zero-order valence-electron chi connectivity index (χ0n) is 16.4. The number of hydrogen-bond donors (Lipinski definition) is 3. The van der Waals surface area contributed by atoms with Crippen molar-refractivity contribution in [3.63, 3.8) is 0 Å². The van der Waals surface area contributed by atoms with Crippen molar-refractivity contribution in [1.82, 2.24) is 25.5 Å². The van der Waals surface area contributed by atoms with Gasteiger partial charge in [-0.05, 0) is 62.9 Å². The maximum atomic E-state index is 12.7. The zero-order chi connectivity index (χ0) is 19.1. The number of para-hydroxylation sites is 1. The summed E-state index contributed by atoms with van der Waals surface area (Å²) < 4.78 is 0. The van der Waals surface area contributed by atoms with Gasteiger partial charge in [-0.3, -0.25) is 14.5 Å². The molecule has 8 heteroatoms. The van der Waals surface area contributed by atoms with E-state index in [1.54, 1.807) is 18.2 Å². The van der Waals surface area contributed by atoms with Gasteiger partial charge in [0, 0.05) is 18.6 Å². The average Bonchev–Trinajstić information content (AvgIpc) is 2.74. The molecule has 2 bridgehead atoms. The van der Waals surface area contributed by atoms with Gasteiger partial charge in [-0.15, -0.1) is 12.4 Å². The maximum Gasteiger partial charge on any atom is 0.287 e. The third kappa shape index (κ3) is 3.79. The minimum atomic E-state index is -0.303. The number of benzene rings is 1. The molecule has 4 atom stereocenters. The highest BCUT2D eigenvalue weighted by Gasteiger charge is 2.45. The maximum absolute atomic E-state index is 12.7. The van der Waals surface area contributed by atoms with Crippen molar-refractivity contribution in [1.29, 1.82) is 0 Å². The summed E-state index contributed by atoms with van der Waals surface area (Å²) >= 11 is 0. The first kappa shape index (κ1) is 20.3. The van der Waals surface area contributed by atoms with E-state index in [1.165, 1.54) is 25.7 Å². The number of rotatable bonds is 3. The van der Waals surface area contributed by atoms with Crippen LogP contribution in [0.1, 0.15) is 36.3 Å². The molecule has 156 valence electrons. The number of hydrogen-bond acceptors (Lipinski definition) is 5. The van der Waals surface area contributed by atoms with E-state index in [0.717, 1.165) is 25.6 Å². The number of nitrogens with one attached hydrogen (secondary N) is 3. The van der Waals surface area contributed by atoms with E-state index < -0.39 is 0 Å². The lowest BCUT2D eigenvalue weighted by Gasteiger charge is -2.55. The minimum Gasteiger partial charge on any atom is -0.348 e. The second kappa shape index (κ2) is 8.42. The van der Waals surface area contributed by atoms with Crippen molar-refractivity contribution in [2.45, 2.75) is 37.8 Å². The molecule has 3 fully saturated rings. The largest absolute Gasteiger partial charge is 0.348 e. The Hall–Kier alpha value is -1.96. The van der Waals surface area contributed by atoms with Crippen LogP contribution in [0.25, 0.3) is 10.9 Å². The molecule has 1 aromatic carbocycles. The molecule has 0 unspecified atom stereocenters. The molecule has 0 spiro atoms. The van der Waals surface area contributed by atoms with Crippen LogP contribution in [0.15, 0.2) is 29.1 Å². The summed E-state index contributed by atoms with van der Waals surface area (Å²) in [5.74, 6) is 1.10. The predicted molar refractivity (Wildman–Crippen MR) is 115 cm³/mol. The first-order chi connectivity index (χ1) is 13.7. The zero-order valence-corrected chi connectivity index (χ0v) is 17.2.